The molecule has 124 valence electrons. The van der Waals surface area contributed by atoms with Gasteiger partial charge in [-0.25, -0.2) is 0 Å². The molecule has 24 heavy (non-hydrogen) atoms. The van der Waals surface area contributed by atoms with Crippen molar-refractivity contribution in [2.45, 2.75) is 46.1 Å². The highest BCUT2D eigenvalue weighted by molar-refractivity contribution is 5.77. The van der Waals surface area contributed by atoms with Crippen LogP contribution < -0.4 is 9.30 Å². The molecule has 1 aliphatic heterocycles. The number of oxazole rings is 1. The van der Waals surface area contributed by atoms with Crippen LogP contribution in [0.5, 0.6) is 5.75 Å². The van der Waals surface area contributed by atoms with Crippen molar-refractivity contribution < 1.29 is 13.7 Å². The standard InChI is InChI=1S/C21H24NO2/c1-3-8-16-15(2)11-12-18-20(16)24-21-17-9-4-5-10-19(17)23-14-7-6-13-22(18)21/h4-5,9-12H,3,6-8,13-14H2,1-2H3/q+1. The van der Waals surface area contributed by atoms with Crippen molar-refractivity contribution in [1.82, 2.24) is 0 Å². The van der Waals surface area contributed by atoms with Gasteiger partial charge in [-0.2, -0.15) is 4.57 Å². The Bertz CT molecular complexity index is 879. The van der Waals surface area contributed by atoms with Crippen LogP contribution in [0.15, 0.2) is 40.8 Å². The Hall–Kier alpha value is -2.29. The fourth-order valence-corrected chi connectivity index (χ4v) is 3.61. The molecular weight excluding hydrogens is 298 g/mol. The lowest BCUT2D eigenvalue weighted by Crippen LogP contribution is -2.34. The maximum Gasteiger partial charge on any atom is 0.385 e. The molecule has 3 heteroatoms. The molecule has 0 saturated carbocycles. The molecular formula is C21H24NO2+. The van der Waals surface area contributed by atoms with Crippen LogP contribution in [0.25, 0.3) is 22.6 Å². The van der Waals surface area contributed by atoms with Crippen LogP contribution in [0.1, 0.15) is 37.3 Å². The topological polar surface area (TPSA) is 26.2 Å². The zero-order valence-electron chi connectivity index (χ0n) is 14.5. The number of nitrogens with zero attached hydrogens (tertiary/aromatic N) is 1. The molecule has 0 saturated heterocycles. The van der Waals surface area contributed by atoms with E-state index in [-0.39, 0.29) is 0 Å². The molecule has 0 unspecified atom stereocenters. The zero-order chi connectivity index (χ0) is 16.5. The average Bonchev–Trinajstić information content (AvgIpc) is 2.98. The number of aromatic nitrogens is 1. The number of benzene rings is 2. The zero-order valence-corrected chi connectivity index (χ0v) is 14.5. The van der Waals surface area contributed by atoms with E-state index in [0.717, 1.165) is 61.6 Å². The van der Waals surface area contributed by atoms with Crippen LogP contribution in [0.2, 0.25) is 0 Å². The molecule has 2 heterocycles. The van der Waals surface area contributed by atoms with E-state index in [1.807, 2.05) is 12.1 Å². The highest BCUT2D eigenvalue weighted by Gasteiger charge is 2.29. The summed E-state index contributed by atoms with van der Waals surface area (Å²) < 4.78 is 14.8. The minimum atomic E-state index is 0.764. The second-order valence-electron chi connectivity index (χ2n) is 6.57. The molecule has 1 aromatic heterocycles. The van der Waals surface area contributed by atoms with Gasteiger partial charge in [-0.15, -0.1) is 0 Å². The Balaban J connectivity index is 2.01. The van der Waals surface area contributed by atoms with Gasteiger partial charge in [0, 0.05) is 18.1 Å². The number of fused-ring (bicyclic) bond motifs is 5. The van der Waals surface area contributed by atoms with Crippen molar-refractivity contribution in [2.24, 2.45) is 0 Å². The lowest BCUT2D eigenvalue weighted by molar-refractivity contribution is -0.664. The smallest absolute Gasteiger partial charge is 0.385 e. The van der Waals surface area contributed by atoms with Crippen molar-refractivity contribution in [1.29, 1.82) is 0 Å². The molecule has 4 rings (SSSR count). The number of hydrogen-bond donors (Lipinski definition) is 0. The van der Waals surface area contributed by atoms with E-state index in [1.165, 1.54) is 16.6 Å². The lowest BCUT2D eigenvalue weighted by Gasteiger charge is -2.05. The van der Waals surface area contributed by atoms with Crippen molar-refractivity contribution in [3.8, 4) is 17.2 Å². The van der Waals surface area contributed by atoms with E-state index in [1.54, 1.807) is 0 Å². The van der Waals surface area contributed by atoms with E-state index >= 15 is 0 Å². The van der Waals surface area contributed by atoms with E-state index < -0.39 is 0 Å². The highest BCUT2D eigenvalue weighted by Crippen LogP contribution is 2.33. The minimum absolute atomic E-state index is 0.764. The van der Waals surface area contributed by atoms with E-state index in [2.05, 4.69) is 42.7 Å². The third-order valence-electron chi connectivity index (χ3n) is 4.86. The predicted molar refractivity (Wildman–Crippen MR) is 95.3 cm³/mol. The molecule has 0 spiro atoms. The van der Waals surface area contributed by atoms with Gasteiger partial charge in [0.15, 0.2) is 6.54 Å². The maximum atomic E-state index is 6.46. The van der Waals surface area contributed by atoms with Gasteiger partial charge >= 0.3 is 5.89 Å². The van der Waals surface area contributed by atoms with Crippen LogP contribution in [0.4, 0.5) is 0 Å². The quantitative estimate of drug-likeness (QED) is 0.632. The number of hydrogen-bond acceptors (Lipinski definition) is 2. The number of ether oxygens (including phenoxy) is 1. The van der Waals surface area contributed by atoms with Crippen LogP contribution in [-0.4, -0.2) is 6.61 Å². The molecule has 0 bridgehead atoms. The fraction of sp³-hybridized carbons (Fsp3) is 0.381. The Morgan fingerprint density at radius 2 is 1.96 bits per heavy atom. The van der Waals surface area contributed by atoms with Gasteiger partial charge in [-0.3, -0.25) is 0 Å². The second kappa shape index (κ2) is 6.31. The van der Waals surface area contributed by atoms with Gasteiger partial charge in [-0.1, -0.05) is 31.5 Å². The van der Waals surface area contributed by atoms with Gasteiger partial charge in [0.2, 0.25) is 5.58 Å². The fourth-order valence-electron chi connectivity index (χ4n) is 3.61. The summed E-state index contributed by atoms with van der Waals surface area (Å²) in [6.07, 6.45) is 4.32. The van der Waals surface area contributed by atoms with Gasteiger partial charge in [-0.05, 0) is 37.5 Å². The Labute approximate surface area is 142 Å². The molecule has 0 amide bonds. The van der Waals surface area contributed by atoms with E-state index in [0.29, 0.717) is 0 Å². The highest BCUT2D eigenvalue weighted by atomic mass is 16.5. The summed E-state index contributed by atoms with van der Waals surface area (Å²) in [5.74, 6) is 1.84. The third-order valence-corrected chi connectivity index (χ3v) is 4.86. The van der Waals surface area contributed by atoms with Crippen molar-refractivity contribution in [3.63, 3.8) is 0 Å². The minimum Gasteiger partial charge on any atom is -0.493 e. The van der Waals surface area contributed by atoms with Gasteiger partial charge in [0.05, 0.1) is 6.61 Å². The summed E-state index contributed by atoms with van der Waals surface area (Å²) in [6, 6.07) is 12.6. The van der Waals surface area contributed by atoms with Crippen LogP contribution >= 0.6 is 0 Å². The van der Waals surface area contributed by atoms with Gasteiger partial charge in [0.1, 0.15) is 11.3 Å². The van der Waals surface area contributed by atoms with Crippen molar-refractivity contribution >= 4 is 11.1 Å². The average molecular weight is 322 g/mol. The first-order valence-electron chi connectivity index (χ1n) is 8.96. The molecule has 0 aliphatic carbocycles. The first-order valence-corrected chi connectivity index (χ1v) is 8.96. The summed E-state index contributed by atoms with van der Waals surface area (Å²) >= 11 is 0. The number of para-hydroxylation sites is 1. The van der Waals surface area contributed by atoms with Crippen molar-refractivity contribution in [3.05, 3.63) is 47.5 Å². The third kappa shape index (κ3) is 2.48. The predicted octanol–water partition coefficient (Wildman–Crippen LogP) is 4.82. The lowest BCUT2D eigenvalue weighted by atomic mass is 10.0. The van der Waals surface area contributed by atoms with Crippen molar-refractivity contribution in [2.75, 3.05) is 6.61 Å². The first-order chi connectivity index (χ1) is 11.8. The molecule has 1 aliphatic rings. The largest absolute Gasteiger partial charge is 0.493 e. The summed E-state index contributed by atoms with van der Waals surface area (Å²) in [6.45, 7) is 6.13. The van der Waals surface area contributed by atoms with Crippen LogP contribution in [0.3, 0.4) is 0 Å². The van der Waals surface area contributed by atoms with Gasteiger partial charge in [0.25, 0.3) is 5.52 Å². The molecule has 3 nitrogen and oxygen atoms in total. The van der Waals surface area contributed by atoms with Crippen LogP contribution in [-0.2, 0) is 13.0 Å². The SMILES string of the molecule is CCCc1c(C)ccc2c1oc1[n+]2CCCCOc2ccccc2-1. The summed E-state index contributed by atoms with van der Waals surface area (Å²) in [4.78, 5) is 0. The Morgan fingerprint density at radius 3 is 2.83 bits per heavy atom. The molecule has 2 aromatic carbocycles. The summed E-state index contributed by atoms with van der Waals surface area (Å²) in [5.41, 5.74) is 5.95. The Kier molecular flexibility index (Phi) is 4.01. The number of aryl methyl sites for hydroxylation is 3. The molecule has 0 radical (unpaired) electrons. The monoisotopic (exact) mass is 322 g/mol. The Morgan fingerprint density at radius 1 is 1.08 bits per heavy atom. The van der Waals surface area contributed by atoms with Crippen LogP contribution in [0, 0.1) is 6.92 Å². The maximum absolute atomic E-state index is 6.46. The normalized spacial score (nSPS) is 14.2. The first kappa shape index (κ1) is 15.3. The molecule has 3 aromatic rings. The van der Waals surface area contributed by atoms with E-state index in [9.17, 15) is 0 Å². The second-order valence-corrected chi connectivity index (χ2v) is 6.57. The number of rotatable bonds is 2. The summed E-state index contributed by atoms with van der Waals surface area (Å²) in [5, 5.41) is 0. The molecule has 0 fully saturated rings. The summed E-state index contributed by atoms with van der Waals surface area (Å²) in [7, 11) is 0. The van der Waals surface area contributed by atoms with E-state index in [4.69, 9.17) is 9.15 Å². The molecule has 0 N–H and O–H groups in total. The molecule has 0 atom stereocenters. The van der Waals surface area contributed by atoms with Gasteiger partial charge < -0.3 is 9.15 Å².